The van der Waals surface area contributed by atoms with E-state index in [4.69, 9.17) is 0 Å². The highest BCUT2D eigenvalue weighted by Crippen LogP contribution is 2.51. The Bertz CT molecular complexity index is 2960. The second kappa shape index (κ2) is 16.4. The maximum absolute atomic E-state index is 2.45. The number of anilines is 6. The van der Waals surface area contributed by atoms with Crippen LogP contribution in [0.3, 0.4) is 0 Å². The fourth-order valence-corrected chi connectivity index (χ4v) is 8.86. The first-order chi connectivity index (χ1) is 29.3. The molecule has 0 saturated heterocycles. The molecule has 0 aliphatic carbocycles. The smallest absolute Gasteiger partial charge is 0.0546 e. The third kappa shape index (κ3) is 7.03. The Hall–Kier alpha value is -6.90. The van der Waals surface area contributed by atoms with Crippen LogP contribution in [0.15, 0.2) is 194 Å². The van der Waals surface area contributed by atoms with Crippen LogP contribution < -0.4 is 9.80 Å². The Balaban J connectivity index is 1.43. The van der Waals surface area contributed by atoms with Gasteiger partial charge in [0.25, 0.3) is 0 Å². The molecular weight excluding hydrogens is 725 g/mol. The second-order valence-corrected chi connectivity index (χ2v) is 16.5. The number of nitrogens with zero attached hydrogens (tertiary/aromatic N) is 2. The lowest BCUT2D eigenvalue weighted by Crippen LogP contribution is -2.12. The van der Waals surface area contributed by atoms with Crippen LogP contribution in [0.2, 0.25) is 0 Å². The summed E-state index contributed by atoms with van der Waals surface area (Å²) in [4.78, 5) is 4.90. The van der Waals surface area contributed by atoms with E-state index in [9.17, 15) is 0 Å². The highest BCUT2D eigenvalue weighted by Gasteiger charge is 2.25. The molecule has 9 aromatic carbocycles. The van der Waals surface area contributed by atoms with E-state index in [-0.39, 0.29) is 0 Å². The minimum Gasteiger partial charge on any atom is -0.310 e. The lowest BCUT2D eigenvalue weighted by molar-refractivity contribution is 0.866. The van der Waals surface area contributed by atoms with Gasteiger partial charge in [0.05, 0.1) is 11.4 Å². The topological polar surface area (TPSA) is 6.48 Å². The highest BCUT2D eigenvalue weighted by atomic mass is 15.1. The molecule has 0 fully saturated rings. The van der Waals surface area contributed by atoms with Crippen molar-refractivity contribution in [3.8, 4) is 11.1 Å². The van der Waals surface area contributed by atoms with E-state index < -0.39 is 0 Å². The minimum absolute atomic E-state index is 0.445. The lowest BCUT2D eigenvalue weighted by Gasteiger charge is -2.31. The molecule has 2 heteroatoms. The van der Waals surface area contributed by atoms with Crippen molar-refractivity contribution in [3.05, 3.63) is 211 Å². The number of hydrogen-bond donors (Lipinski definition) is 0. The number of benzene rings is 9. The first-order valence-corrected chi connectivity index (χ1v) is 21.4. The summed E-state index contributed by atoms with van der Waals surface area (Å²) in [6.45, 7) is 13.4. The van der Waals surface area contributed by atoms with Gasteiger partial charge in [0.2, 0.25) is 0 Å². The molecule has 0 aliphatic rings. The maximum atomic E-state index is 2.45. The van der Waals surface area contributed by atoms with E-state index in [0.717, 1.165) is 34.1 Å². The molecule has 60 heavy (non-hydrogen) atoms. The van der Waals surface area contributed by atoms with E-state index >= 15 is 0 Å². The van der Waals surface area contributed by atoms with Gasteiger partial charge in [-0.25, -0.2) is 0 Å². The summed E-state index contributed by atoms with van der Waals surface area (Å²) in [5.74, 6) is 0.891. The Morgan fingerprint density at radius 2 is 0.867 bits per heavy atom. The minimum atomic E-state index is 0.445. The van der Waals surface area contributed by atoms with Crippen molar-refractivity contribution >= 4 is 72.0 Å². The van der Waals surface area contributed by atoms with Crippen LogP contribution in [0.25, 0.3) is 49.0 Å². The van der Waals surface area contributed by atoms with Crippen LogP contribution in [-0.2, 0) is 0 Å². The Morgan fingerprint density at radius 3 is 1.35 bits per heavy atom. The molecular formula is C58H52N2. The summed E-state index contributed by atoms with van der Waals surface area (Å²) in [5, 5.41) is 7.46. The van der Waals surface area contributed by atoms with Gasteiger partial charge in [-0.15, -0.1) is 0 Å². The van der Waals surface area contributed by atoms with Crippen LogP contribution in [0.4, 0.5) is 34.1 Å². The molecule has 0 N–H and O–H groups in total. The van der Waals surface area contributed by atoms with E-state index in [2.05, 4.69) is 245 Å². The van der Waals surface area contributed by atoms with Crippen molar-refractivity contribution in [2.75, 3.05) is 9.80 Å². The van der Waals surface area contributed by atoms with Crippen molar-refractivity contribution in [1.29, 1.82) is 0 Å². The van der Waals surface area contributed by atoms with Crippen LogP contribution in [-0.4, -0.2) is 0 Å². The van der Waals surface area contributed by atoms with Gasteiger partial charge in [-0.2, -0.15) is 0 Å². The second-order valence-electron chi connectivity index (χ2n) is 16.5. The zero-order valence-corrected chi connectivity index (χ0v) is 35.5. The van der Waals surface area contributed by atoms with Gasteiger partial charge in [0, 0.05) is 44.3 Å². The predicted octanol–water partition coefficient (Wildman–Crippen LogP) is 17.4. The molecule has 9 rings (SSSR count). The van der Waals surface area contributed by atoms with Gasteiger partial charge >= 0.3 is 0 Å². The molecule has 0 saturated carbocycles. The fourth-order valence-electron chi connectivity index (χ4n) is 8.86. The molecule has 0 amide bonds. The third-order valence-electron chi connectivity index (χ3n) is 12.0. The highest BCUT2D eigenvalue weighted by molar-refractivity contribution is 6.31. The SMILES string of the molecule is C/C=C\C=C(/C)c1cc(N(c2ccccc2)c2ccc(C(C)C)cc2)c2ccc3c(-c4ccccc4)cc(N(c4ccccc4)c4ccc(C(C)C)cc4)c4ccc1c2c34. The van der Waals surface area contributed by atoms with Crippen molar-refractivity contribution < 1.29 is 0 Å². The summed E-state index contributed by atoms with van der Waals surface area (Å²) >= 11 is 0. The average Bonchev–Trinajstić information content (AvgIpc) is 3.29. The molecule has 0 spiro atoms. The van der Waals surface area contributed by atoms with Crippen molar-refractivity contribution in [2.24, 2.45) is 0 Å². The van der Waals surface area contributed by atoms with Crippen molar-refractivity contribution in [1.82, 2.24) is 0 Å². The lowest BCUT2D eigenvalue weighted by atomic mass is 9.85. The summed E-state index contributed by atoms with van der Waals surface area (Å²) in [7, 11) is 0. The van der Waals surface area contributed by atoms with Gasteiger partial charge in [0.15, 0.2) is 0 Å². The average molecular weight is 777 g/mol. The van der Waals surface area contributed by atoms with E-state index in [1.54, 1.807) is 0 Å². The third-order valence-corrected chi connectivity index (χ3v) is 12.0. The zero-order chi connectivity index (χ0) is 41.3. The number of hydrogen-bond acceptors (Lipinski definition) is 2. The quantitative estimate of drug-likeness (QED) is 0.0953. The normalized spacial score (nSPS) is 12.2. The summed E-state index contributed by atoms with van der Waals surface area (Å²) in [5.41, 5.74) is 14.3. The molecule has 0 bridgehead atoms. The van der Waals surface area contributed by atoms with Crippen LogP contribution in [0, 0.1) is 0 Å². The monoisotopic (exact) mass is 776 g/mol. The number of allylic oxidation sites excluding steroid dienone is 4. The van der Waals surface area contributed by atoms with Crippen LogP contribution >= 0.6 is 0 Å². The first-order valence-electron chi connectivity index (χ1n) is 21.4. The largest absolute Gasteiger partial charge is 0.310 e. The first kappa shape index (κ1) is 38.6. The molecule has 0 heterocycles. The number of rotatable bonds is 11. The molecule has 0 unspecified atom stereocenters. The van der Waals surface area contributed by atoms with Crippen molar-refractivity contribution in [3.63, 3.8) is 0 Å². The Kier molecular flexibility index (Phi) is 10.5. The van der Waals surface area contributed by atoms with E-state index in [1.807, 2.05) is 0 Å². The zero-order valence-electron chi connectivity index (χ0n) is 35.5. The standard InChI is InChI=1S/C58H52N2/c1-7-8-18-41(6)53-37-55(59(45-21-14-10-15-22-45)47-29-25-42(26-30-47)39(2)3)51-36-34-50-54(44-19-12-9-13-20-44)38-56(52-35-33-49(53)57(51)58(50)52)60(46-23-16-11-17-24-46)48-31-27-43(28-32-48)40(4)5/h7-40H,1-6H3/b8-7-,41-18+. The van der Waals surface area contributed by atoms with Crippen LogP contribution in [0.1, 0.15) is 70.1 Å². The molecule has 0 atom stereocenters. The van der Waals surface area contributed by atoms with Crippen LogP contribution in [0.5, 0.6) is 0 Å². The fraction of sp³-hybridized carbons (Fsp3) is 0.138. The maximum Gasteiger partial charge on any atom is 0.0546 e. The van der Waals surface area contributed by atoms with E-state index in [1.165, 1.54) is 65.7 Å². The summed E-state index contributed by atoms with van der Waals surface area (Å²) < 4.78 is 0. The van der Waals surface area contributed by atoms with Gasteiger partial charge in [-0.05, 0) is 131 Å². The molecule has 294 valence electrons. The van der Waals surface area contributed by atoms with Gasteiger partial charge in [-0.1, -0.05) is 161 Å². The molecule has 2 nitrogen and oxygen atoms in total. The van der Waals surface area contributed by atoms with Gasteiger partial charge in [0.1, 0.15) is 0 Å². The van der Waals surface area contributed by atoms with Gasteiger partial charge < -0.3 is 9.80 Å². The van der Waals surface area contributed by atoms with Gasteiger partial charge in [-0.3, -0.25) is 0 Å². The summed E-state index contributed by atoms with van der Waals surface area (Å²) in [6.07, 6.45) is 6.51. The predicted molar refractivity (Wildman–Crippen MR) is 262 cm³/mol. The molecule has 9 aromatic rings. The van der Waals surface area contributed by atoms with E-state index in [0.29, 0.717) is 11.8 Å². The summed E-state index contributed by atoms with van der Waals surface area (Å²) in [6, 6.07) is 65.2. The number of para-hydroxylation sites is 2. The Labute approximate surface area is 355 Å². The molecule has 0 radical (unpaired) electrons. The molecule has 0 aliphatic heterocycles. The molecule has 0 aromatic heterocycles. The Morgan fingerprint density at radius 1 is 0.450 bits per heavy atom. The van der Waals surface area contributed by atoms with Crippen molar-refractivity contribution in [2.45, 2.75) is 53.4 Å².